The second-order valence-electron chi connectivity index (χ2n) is 3.82. The molecule has 2 rings (SSSR count). The molecule has 0 spiro atoms. The van der Waals surface area contributed by atoms with E-state index in [0.29, 0.717) is 12.4 Å². The third-order valence-electron chi connectivity index (χ3n) is 2.20. The number of aryl methyl sites for hydroxylation is 2. The minimum absolute atomic E-state index is 0.223. The summed E-state index contributed by atoms with van der Waals surface area (Å²) >= 11 is 0. The Morgan fingerprint density at radius 3 is 2.81 bits per heavy atom. The number of ether oxygens (including phenoxy) is 1. The van der Waals surface area contributed by atoms with Crippen molar-refractivity contribution in [3.05, 3.63) is 41.7 Å². The first-order valence-corrected chi connectivity index (χ1v) is 5.04. The predicted octanol–water partition coefficient (Wildman–Crippen LogP) is 2.01. The molecular formula is C12H14N2O2. The molecule has 2 aromatic rings. The second-order valence-corrected chi connectivity index (χ2v) is 3.82. The lowest BCUT2D eigenvalue weighted by Crippen LogP contribution is -1.94. The summed E-state index contributed by atoms with van der Waals surface area (Å²) in [6.07, 6.45) is 3.66. The Kier molecular flexibility index (Phi) is 2.81. The van der Waals surface area contributed by atoms with E-state index in [9.17, 15) is 5.11 Å². The quantitative estimate of drug-likeness (QED) is 0.857. The molecule has 1 N–H and O–H groups in total. The van der Waals surface area contributed by atoms with Crippen LogP contribution >= 0.6 is 0 Å². The van der Waals surface area contributed by atoms with Crippen molar-refractivity contribution in [3.8, 4) is 11.5 Å². The summed E-state index contributed by atoms with van der Waals surface area (Å²) in [4.78, 5) is 0. The Morgan fingerprint density at radius 2 is 2.19 bits per heavy atom. The van der Waals surface area contributed by atoms with E-state index in [4.69, 9.17) is 4.74 Å². The molecule has 0 fully saturated rings. The largest absolute Gasteiger partial charge is 0.508 e. The maximum Gasteiger partial charge on any atom is 0.123 e. The summed E-state index contributed by atoms with van der Waals surface area (Å²) in [6, 6.07) is 5.18. The lowest BCUT2D eigenvalue weighted by molar-refractivity contribution is 0.304. The van der Waals surface area contributed by atoms with Crippen molar-refractivity contribution >= 4 is 0 Å². The molecule has 0 saturated carbocycles. The van der Waals surface area contributed by atoms with Crippen LogP contribution in [0.15, 0.2) is 30.6 Å². The molecule has 0 aliphatic rings. The normalized spacial score (nSPS) is 10.4. The van der Waals surface area contributed by atoms with Crippen LogP contribution in [0.25, 0.3) is 0 Å². The highest BCUT2D eigenvalue weighted by atomic mass is 16.5. The molecule has 0 unspecified atom stereocenters. The standard InChI is InChI=1S/C12H14N2O2/c1-9-3-11(15)5-12(4-9)16-8-10-6-13-14(2)7-10/h3-7,15H,8H2,1-2H3. The topological polar surface area (TPSA) is 47.3 Å². The number of hydrogen-bond donors (Lipinski definition) is 1. The average Bonchev–Trinajstić information content (AvgIpc) is 2.60. The van der Waals surface area contributed by atoms with Crippen molar-refractivity contribution in [1.29, 1.82) is 0 Å². The highest BCUT2D eigenvalue weighted by Crippen LogP contribution is 2.21. The molecule has 0 amide bonds. The van der Waals surface area contributed by atoms with Crippen LogP contribution in [0.1, 0.15) is 11.1 Å². The number of phenolic OH excluding ortho intramolecular Hbond substituents is 1. The lowest BCUT2D eigenvalue weighted by atomic mass is 10.2. The molecule has 4 heteroatoms. The van der Waals surface area contributed by atoms with Gasteiger partial charge in [0.2, 0.25) is 0 Å². The van der Waals surface area contributed by atoms with Gasteiger partial charge in [-0.1, -0.05) is 0 Å². The van der Waals surface area contributed by atoms with Gasteiger partial charge in [-0.05, 0) is 24.6 Å². The molecule has 0 atom stereocenters. The molecule has 0 radical (unpaired) electrons. The zero-order valence-corrected chi connectivity index (χ0v) is 9.34. The van der Waals surface area contributed by atoms with E-state index >= 15 is 0 Å². The van der Waals surface area contributed by atoms with Crippen molar-refractivity contribution in [2.24, 2.45) is 7.05 Å². The third kappa shape index (κ3) is 2.53. The van der Waals surface area contributed by atoms with E-state index in [1.165, 1.54) is 0 Å². The predicted molar refractivity (Wildman–Crippen MR) is 60.4 cm³/mol. The van der Waals surface area contributed by atoms with Crippen molar-refractivity contribution in [3.63, 3.8) is 0 Å². The molecule has 0 aliphatic carbocycles. The van der Waals surface area contributed by atoms with Crippen molar-refractivity contribution in [1.82, 2.24) is 9.78 Å². The molecule has 0 bridgehead atoms. The van der Waals surface area contributed by atoms with E-state index in [-0.39, 0.29) is 5.75 Å². The highest BCUT2D eigenvalue weighted by Gasteiger charge is 2.00. The second kappa shape index (κ2) is 4.26. The van der Waals surface area contributed by atoms with Crippen LogP contribution in [-0.4, -0.2) is 14.9 Å². The smallest absolute Gasteiger partial charge is 0.123 e. The van der Waals surface area contributed by atoms with Crippen LogP contribution in [0.5, 0.6) is 11.5 Å². The van der Waals surface area contributed by atoms with Crippen LogP contribution in [0.4, 0.5) is 0 Å². The number of aromatic hydroxyl groups is 1. The summed E-state index contributed by atoms with van der Waals surface area (Å²) in [7, 11) is 1.86. The Hall–Kier alpha value is -1.97. The third-order valence-corrected chi connectivity index (χ3v) is 2.20. The fourth-order valence-electron chi connectivity index (χ4n) is 1.52. The zero-order valence-electron chi connectivity index (χ0n) is 9.34. The zero-order chi connectivity index (χ0) is 11.5. The number of aromatic nitrogens is 2. The lowest BCUT2D eigenvalue weighted by Gasteiger charge is -2.06. The first-order chi connectivity index (χ1) is 7.63. The van der Waals surface area contributed by atoms with Gasteiger partial charge in [0.1, 0.15) is 18.1 Å². The molecule has 1 aromatic heterocycles. The van der Waals surface area contributed by atoms with E-state index in [1.54, 1.807) is 23.0 Å². The monoisotopic (exact) mass is 218 g/mol. The minimum Gasteiger partial charge on any atom is -0.508 e. The van der Waals surface area contributed by atoms with Gasteiger partial charge >= 0.3 is 0 Å². The number of benzene rings is 1. The van der Waals surface area contributed by atoms with Crippen LogP contribution in [0.3, 0.4) is 0 Å². The molecule has 16 heavy (non-hydrogen) atoms. The van der Waals surface area contributed by atoms with Gasteiger partial charge in [-0.2, -0.15) is 5.10 Å². The Morgan fingerprint density at radius 1 is 1.38 bits per heavy atom. The van der Waals surface area contributed by atoms with E-state index in [0.717, 1.165) is 11.1 Å². The number of nitrogens with zero attached hydrogens (tertiary/aromatic N) is 2. The molecular weight excluding hydrogens is 204 g/mol. The fourth-order valence-corrected chi connectivity index (χ4v) is 1.52. The fraction of sp³-hybridized carbons (Fsp3) is 0.250. The Labute approximate surface area is 94.1 Å². The average molecular weight is 218 g/mol. The van der Waals surface area contributed by atoms with Crippen molar-refractivity contribution in [2.45, 2.75) is 13.5 Å². The molecule has 0 aliphatic heterocycles. The number of rotatable bonds is 3. The molecule has 0 saturated heterocycles. The van der Waals surface area contributed by atoms with E-state index < -0.39 is 0 Å². The summed E-state index contributed by atoms with van der Waals surface area (Å²) in [6.45, 7) is 2.37. The van der Waals surface area contributed by atoms with Gasteiger partial charge in [0.15, 0.2) is 0 Å². The van der Waals surface area contributed by atoms with Gasteiger partial charge in [0.25, 0.3) is 0 Å². The molecule has 84 valence electrons. The van der Waals surface area contributed by atoms with E-state index in [1.807, 2.05) is 26.2 Å². The van der Waals surface area contributed by atoms with Gasteiger partial charge in [-0.25, -0.2) is 0 Å². The number of hydrogen-bond acceptors (Lipinski definition) is 3. The highest BCUT2D eigenvalue weighted by molar-refractivity contribution is 5.36. The number of phenols is 1. The summed E-state index contributed by atoms with van der Waals surface area (Å²) in [5, 5.41) is 13.5. The summed E-state index contributed by atoms with van der Waals surface area (Å²) in [5.41, 5.74) is 1.98. The maximum absolute atomic E-state index is 9.40. The summed E-state index contributed by atoms with van der Waals surface area (Å²) < 4.78 is 7.28. The first kappa shape index (κ1) is 10.5. The maximum atomic E-state index is 9.40. The molecule has 1 heterocycles. The van der Waals surface area contributed by atoms with Crippen LogP contribution in [0, 0.1) is 6.92 Å². The van der Waals surface area contributed by atoms with Gasteiger partial charge in [0, 0.05) is 24.9 Å². The SMILES string of the molecule is Cc1cc(O)cc(OCc2cnn(C)c2)c1. The molecule has 4 nitrogen and oxygen atoms in total. The van der Waals surface area contributed by atoms with Gasteiger partial charge in [0.05, 0.1) is 6.20 Å². The van der Waals surface area contributed by atoms with Crippen molar-refractivity contribution < 1.29 is 9.84 Å². The Bertz CT molecular complexity index is 471. The summed E-state index contributed by atoms with van der Waals surface area (Å²) in [5.74, 6) is 0.891. The van der Waals surface area contributed by atoms with Crippen LogP contribution in [-0.2, 0) is 13.7 Å². The van der Waals surface area contributed by atoms with Crippen LogP contribution < -0.4 is 4.74 Å². The van der Waals surface area contributed by atoms with Gasteiger partial charge in [-0.3, -0.25) is 4.68 Å². The van der Waals surface area contributed by atoms with Crippen LogP contribution in [0.2, 0.25) is 0 Å². The minimum atomic E-state index is 0.223. The van der Waals surface area contributed by atoms with Gasteiger partial charge in [-0.15, -0.1) is 0 Å². The van der Waals surface area contributed by atoms with Crippen molar-refractivity contribution in [2.75, 3.05) is 0 Å². The molecule has 1 aromatic carbocycles. The first-order valence-electron chi connectivity index (χ1n) is 5.04. The van der Waals surface area contributed by atoms with Gasteiger partial charge < -0.3 is 9.84 Å². The van der Waals surface area contributed by atoms with E-state index in [2.05, 4.69) is 5.10 Å². The Balaban J connectivity index is 2.04.